The number of thiophene rings is 1. The maximum absolute atomic E-state index is 5.95. The van der Waals surface area contributed by atoms with Crippen LogP contribution >= 0.6 is 11.3 Å². The molecule has 1 aliphatic rings. The summed E-state index contributed by atoms with van der Waals surface area (Å²) in [4.78, 5) is 13.7. The zero-order valence-electron chi connectivity index (χ0n) is 11.9. The molecule has 0 saturated carbocycles. The average Bonchev–Trinajstić information content (AvgIpc) is 2.86. The van der Waals surface area contributed by atoms with E-state index < -0.39 is 0 Å². The van der Waals surface area contributed by atoms with Gasteiger partial charge in [-0.3, -0.25) is 0 Å². The summed E-state index contributed by atoms with van der Waals surface area (Å²) in [5.74, 6) is 1.35. The molecule has 0 amide bonds. The molecule has 4 rings (SSSR count). The van der Waals surface area contributed by atoms with Gasteiger partial charge in [0.1, 0.15) is 0 Å². The van der Waals surface area contributed by atoms with Crippen LogP contribution in [0.25, 0.3) is 20.3 Å². The number of rotatable bonds is 1. The van der Waals surface area contributed by atoms with Gasteiger partial charge in [0.2, 0.25) is 5.95 Å². The highest BCUT2D eigenvalue weighted by molar-refractivity contribution is 7.26. The van der Waals surface area contributed by atoms with E-state index >= 15 is 0 Å². The Morgan fingerprint density at radius 2 is 1.86 bits per heavy atom. The largest absolute Gasteiger partial charge is 0.368 e. The highest BCUT2D eigenvalue weighted by Gasteiger charge is 2.20. The third kappa shape index (κ3) is 2.11. The van der Waals surface area contributed by atoms with E-state index in [2.05, 4.69) is 45.0 Å². The van der Waals surface area contributed by atoms with Crippen molar-refractivity contribution < 1.29 is 0 Å². The minimum atomic E-state index is 0.361. The number of likely N-dealkylation sites (N-methyl/N-ethyl adjacent to an activating group) is 1. The van der Waals surface area contributed by atoms with Gasteiger partial charge in [-0.2, -0.15) is 4.98 Å². The molecule has 3 heterocycles. The van der Waals surface area contributed by atoms with Gasteiger partial charge in [0, 0.05) is 36.3 Å². The minimum Gasteiger partial charge on any atom is -0.368 e. The number of nitrogens with zero attached hydrogens (tertiary/aromatic N) is 4. The first-order valence-corrected chi connectivity index (χ1v) is 7.92. The molecule has 2 N–H and O–H groups in total. The van der Waals surface area contributed by atoms with E-state index in [4.69, 9.17) is 5.73 Å². The fourth-order valence-corrected chi connectivity index (χ4v) is 3.99. The molecule has 0 unspecified atom stereocenters. The summed E-state index contributed by atoms with van der Waals surface area (Å²) in [6, 6.07) is 8.34. The molecule has 0 aliphatic carbocycles. The summed E-state index contributed by atoms with van der Waals surface area (Å²) >= 11 is 1.76. The number of fused-ring (bicyclic) bond motifs is 3. The third-order valence-corrected chi connectivity index (χ3v) is 5.18. The van der Waals surface area contributed by atoms with Gasteiger partial charge in [0.25, 0.3) is 0 Å². The number of anilines is 2. The monoisotopic (exact) mass is 299 g/mol. The summed E-state index contributed by atoms with van der Waals surface area (Å²) in [7, 11) is 2.15. The maximum Gasteiger partial charge on any atom is 0.222 e. The van der Waals surface area contributed by atoms with Crippen LogP contribution in [0.3, 0.4) is 0 Å². The van der Waals surface area contributed by atoms with Crippen molar-refractivity contribution in [3.63, 3.8) is 0 Å². The van der Waals surface area contributed by atoms with Crippen LogP contribution in [0.5, 0.6) is 0 Å². The lowest BCUT2D eigenvalue weighted by Gasteiger charge is -2.33. The number of hydrogen-bond acceptors (Lipinski definition) is 6. The second kappa shape index (κ2) is 4.82. The zero-order chi connectivity index (χ0) is 14.4. The van der Waals surface area contributed by atoms with E-state index in [0.29, 0.717) is 5.95 Å². The Kier molecular flexibility index (Phi) is 2.94. The highest BCUT2D eigenvalue weighted by Crippen LogP contribution is 2.38. The van der Waals surface area contributed by atoms with E-state index in [1.165, 1.54) is 10.1 Å². The quantitative estimate of drug-likeness (QED) is 0.746. The highest BCUT2D eigenvalue weighted by atomic mass is 32.1. The molecule has 0 atom stereocenters. The van der Waals surface area contributed by atoms with Gasteiger partial charge >= 0.3 is 0 Å². The Balaban J connectivity index is 1.91. The minimum absolute atomic E-state index is 0.361. The molecule has 2 aromatic heterocycles. The molecule has 3 aromatic rings. The summed E-state index contributed by atoms with van der Waals surface area (Å²) < 4.78 is 2.39. The molecule has 21 heavy (non-hydrogen) atoms. The molecule has 1 saturated heterocycles. The van der Waals surface area contributed by atoms with E-state index in [1.54, 1.807) is 11.3 Å². The molecule has 0 radical (unpaired) electrons. The number of nitrogens with two attached hydrogens (primary N) is 1. The molecule has 0 bridgehead atoms. The lowest BCUT2D eigenvalue weighted by atomic mass is 10.2. The van der Waals surface area contributed by atoms with Gasteiger partial charge in [-0.15, -0.1) is 11.3 Å². The Hall–Kier alpha value is -1.92. The first-order chi connectivity index (χ1) is 10.2. The number of hydrogen-bond donors (Lipinski definition) is 1. The summed E-state index contributed by atoms with van der Waals surface area (Å²) in [5.41, 5.74) is 6.94. The Labute approximate surface area is 127 Å². The zero-order valence-corrected chi connectivity index (χ0v) is 12.7. The standard InChI is InChI=1S/C15H17N5S/c1-19-6-8-20(9-7-19)14-13-12(17-15(16)18-14)10-4-2-3-5-11(10)21-13/h2-5H,6-9H2,1H3,(H2,16,17,18). The predicted octanol–water partition coefficient (Wildman–Crippen LogP) is 2.18. The predicted molar refractivity (Wildman–Crippen MR) is 89.0 cm³/mol. The first-order valence-electron chi connectivity index (χ1n) is 7.10. The van der Waals surface area contributed by atoms with Crippen molar-refractivity contribution in [2.45, 2.75) is 0 Å². The van der Waals surface area contributed by atoms with E-state index in [9.17, 15) is 0 Å². The third-order valence-electron chi connectivity index (χ3n) is 4.02. The SMILES string of the molecule is CN1CCN(c2nc(N)nc3c2sc2ccccc23)CC1. The second-order valence-corrected chi connectivity index (χ2v) is 6.52. The Morgan fingerprint density at radius 1 is 1.10 bits per heavy atom. The fraction of sp³-hybridized carbons (Fsp3) is 0.333. The molecule has 6 heteroatoms. The van der Waals surface area contributed by atoms with Crippen molar-refractivity contribution >= 4 is 43.4 Å². The summed E-state index contributed by atoms with van der Waals surface area (Å²) in [5, 5.41) is 1.17. The van der Waals surface area contributed by atoms with Crippen molar-refractivity contribution in [1.82, 2.24) is 14.9 Å². The van der Waals surface area contributed by atoms with Crippen molar-refractivity contribution in [3.8, 4) is 0 Å². The van der Waals surface area contributed by atoms with Crippen LogP contribution in [0.1, 0.15) is 0 Å². The van der Waals surface area contributed by atoms with Crippen LogP contribution in [0.4, 0.5) is 11.8 Å². The van der Waals surface area contributed by atoms with Gasteiger partial charge in [0.05, 0.1) is 10.2 Å². The van der Waals surface area contributed by atoms with Gasteiger partial charge in [-0.05, 0) is 13.1 Å². The van der Waals surface area contributed by atoms with Crippen LogP contribution in [0, 0.1) is 0 Å². The van der Waals surface area contributed by atoms with Crippen LogP contribution in [0.15, 0.2) is 24.3 Å². The van der Waals surface area contributed by atoms with Crippen molar-refractivity contribution in [3.05, 3.63) is 24.3 Å². The number of aromatic nitrogens is 2. The Morgan fingerprint density at radius 3 is 2.67 bits per heavy atom. The summed E-state index contributed by atoms with van der Waals surface area (Å²) in [6.45, 7) is 4.07. The first kappa shape index (κ1) is 12.8. The van der Waals surface area contributed by atoms with E-state index in [-0.39, 0.29) is 0 Å². The van der Waals surface area contributed by atoms with Crippen LogP contribution in [-0.2, 0) is 0 Å². The van der Waals surface area contributed by atoms with Gasteiger partial charge in [-0.25, -0.2) is 4.98 Å². The molecule has 1 aromatic carbocycles. The van der Waals surface area contributed by atoms with Crippen LogP contribution in [-0.4, -0.2) is 48.1 Å². The molecular weight excluding hydrogens is 282 g/mol. The molecule has 5 nitrogen and oxygen atoms in total. The number of benzene rings is 1. The van der Waals surface area contributed by atoms with Crippen molar-refractivity contribution in [2.75, 3.05) is 43.9 Å². The van der Waals surface area contributed by atoms with Crippen LogP contribution < -0.4 is 10.6 Å². The number of nitrogen functional groups attached to an aromatic ring is 1. The van der Waals surface area contributed by atoms with Crippen molar-refractivity contribution in [1.29, 1.82) is 0 Å². The van der Waals surface area contributed by atoms with E-state index in [1.807, 2.05) is 6.07 Å². The van der Waals surface area contributed by atoms with Gasteiger partial charge < -0.3 is 15.5 Å². The molecule has 1 aliphatic heterocycles. The lowest BCUT2D eigenvalue weighted by Crippen LogP contribution is -2.44. The fourth-order valence-electron chi connectivity index (χ4n) is 2.83. The molecular formula is C15H17N5S. The maximum atomic E-state index is 5.95. The average molecular weight is 299 g/mol. The van der Waals surface area contributed by atoms with Gasteiger partial charge in [-0.1, -0.05) is 18.2 Å². The van der Waals surface area contributed by atoms with Crippen LogP contribution in [0.2, 0.25) is 0 Å². The normalized spacial score (nSPS) is 16.9. The summed E-state index contributed by atoms with van der Waals surface area (Å²) in [6.07, 6.45) is 0. The molecule has 1 fully saturated rings. The lowest BCUT2D eigenvalue weighted by molar-refractivity contribution is 0.312. The molecule has 0 spiro atoms. The second-order valence-electron chi connectivity index (χ2n) is 5.47. The van der Waals surface area contributed by atoms with E-state index in [0.717, 1.165) is 42.2 Å². The number of piperazine rings is 1. The van der Waals surface area contributed by atoms with Crippen molar-refractivity contribution in [2.24, 2.45) is 0 Å². The smallest absolute Gasteiger partial charge is 0.222 e. The Bertz CT molecular complexity index is 804. The molecule has 108 valence electrons. The van der Waals surface area contributed by atoms with Gasteiger partial charge in [0.15, 0.2) is 5.82 Å². The topological polar surface area (TPSA) is 58.3 Å².